The number of aromatic hydroxyl groups is 1. The number of nitrogens with zero attached hydrogens (tertiary/aromatic N) is 2. The Kier molecular flexibility index (Phi) is 5.07. The second-order valence-corrected chi connectivity index (χ2v) is 5.89. The topological polar surface area (TPSA) is 101 Å². The molecule has 0 fully saturated rings. The van der Waals surface area contributed by atoms with E-state index in [-0.39, 0.29) is 18.0 Å². The Morgan fingerprint density at radius 2 is 2.15 bits per heavy atom. The molecule has 1 aromatic carbocycles. The van der Waals surface area contributed by atoms with Gasteiger partial charge in [0.15, 0.2) is 5.75 Å². The van der Waals surface area contributed by atoms with Crippen LogP contribution in [0.3, 0.4) is 0 Å². The van der Waals surface area contributed by atoms with E-state index in [2.05, 4.69) is 5.92 Å². The third-order valence-corrected chi connectivity index (χ3v) is 4.36. The fourth-order valence-electron chi connectivity index (χ4n) is 1.59. The van der Waals surface area contributed by atoms with Crippen LogP contribution in [0.4, 0.5) is 5.69 Å². The predicted octanol–water partition coefficient (Wildman–Crippen LogP) is 1.33. The van der Waals surface area contributed by atoms with E-state index in [1.165, 1.54) is 0 Å². The number of phenolic OH excluding ortho intramolecular Hbond substituents is 1. The highest BCUT2D eigenvalue weighted by molar-refractivity contribution is 7.89. The quantitative estimate of drug-likeness (QED) is 0.485. The average molecular weight is 298 g/mol. The molecule has 0 saturated carbocycles. The van der Waals surface area contributed by atoms with Gasteiger partial charge in [0, 0.05) is 12.6 Å². The van der Waals surface area contributed by atoms with Crippen LogP contribution >= 0.6 is 0 Å². The van der Waals surface area contributed by atoms with E-state index in [0.717, 1.165) is 22.5 Å². The molecule has 0 unspecified atom stereocenters. The number of terminal acetylenes is 1. The fourth-order valence-corrected chi connectivity index (χ4v) is 3.06. The van der Waals surface area contributed by atoms with Gasteiger partial charge in [0.2, 0.25) is 10.0 Å². The molecule has 7 nitrogen and oxygen atoms in total. The molecule has 0 spiro atoms. The van der Waals surface area contributed by atoms with Crippen molar-refractivity contribution in [3.63, 3.8) is 0 Å². The molecule has 0 radical (unpaired) electrons. The largest absolute Gasteiger partial charge is 0.502 e. The van der Waals surface area contributed by atoms with Gasteiger partial charge in [-0.1, -0.05) is 12.8 Å². The Bertz CT molecular complexity index is 648. The minimum atomic E-state index is -3.92. The lowest BCUT2D eigenvalue weighted by molar-refractivity contribution is -0.386. The van der Waals surface area contributed by atoms with Gasteiger partial charge in [-0.2, -0.15) is 4.31 Å². The van der Waals surface area contributed by atoms with Crippen LogP contribution in [0.1, 0.15) is 13.3 Å². The maximum atomic E-state index is 12.3. The average Bonchev–Trinajstić information content (AvgIpc) is 2.38. The summed E-state index contributed by atoms with van der Waals surface area (Å²) < 4.78 is 25.7. The highest BCUT2D eigenvalue weighted by atomic mass is 32.2. The van der Waals surface area contributed by atoms with Gasteiger partial charge in [-0.25, -0.2) is 8.42 Å². The second-order valence-electron chi connectivity index (χ2n) is 3.95. The van der Waals surface area contributed by atoms with Crippen LogP contribution in [0.5, 0.6) is 5.75 Å². The summed E-state index contributed by atoms with van der Waals surface area (Å²) in [4.78, 5) is 9.61. The van der Waals surface area contributed by atoms with Gasteiger partial charge in [0.1, 0.15) is 0 Å². The number of nitro benzene ring substituents is 1. The molecule has 0 saturated heterocycles. The van der Waals surface area contributed by atoms with Crippen molar-refractivity contribution in [1.82, 2.24) is 4.31 Å². The first-order chi connectivity index (χ1) is 9.34. The SMILES string of the molecule is C#CCN(CCC)S(=O)(=O)c1ccc(O)c([N+](=O)[O-])c1. The van der Waals surface area contributed by atoms with Crippen LogP contribution in [0.2, 0.25) is 0 Å². The van der Waals surface area contributed by atoms with E-state index >= 15 is 0 Å². The van der Waals surface area contributed by atoms with Crippen LogP contribution in [0, 0.1) is 22.5 Å². The van der Waals surface area contributed by atoms with E-state index in [9.17, 15) is 23.6 Å². The van der Waals surface area contributed by atoms with Crippen LogP contribution in [0.25, 0.3) is 0 Å². The van der Waals surface area contributed by atoms with Crippen molar-refractivity contribution in [2.45, 2.75) is 18.2 Å². The molecule has 1 rings (SSSR count). The van der Waals surface area contributed by atoms with Crippen molar-refractivity contribution in [2.24, 2.45) is 0 Å². The van der Waals surface area contributed by atoms with Crippen molar-refractivity contribution in [3.8, 4) is 18.1 Å². The number of phenols is 1. The first-order valence-corrected chi connectivity index (χ1v) is 7.19. The number of hydrogen-bond acceptors (Lipinski definition) is 5. The van der Waals surface area contributed by atoms with Crippen LogP contribution < -0.4 is 0 Å². The van der Waals surface area contributed by atoms with Crippen molar-refractivity contribution < 1.29 is 18.4 Å². The monoisotopic (exact) mass is 298 g/mol. The standard InChI is InChI=1S/C12H14N2O5S/c1-3-7-13(8-4-2)20(18,19)10-5-6-12(15)11(9-10)14(16)17/h1,5-6,9,15H,4,7-8H2,2H3. The van der Waals surface area contributed by atoms with Gasteiger partial charge in [-0.15, -0.1) is 6.42 Å². The normalized spacial score (nSPS) is 11.2. The Hall–Kier alpha value is -2.11. The number of sulfonamides is 1. The van der Waals surface area contributed by atoms with Gasteiger partial charge in [0.25, 0.3) is 0 Å². The van der Waals surface area contributed by atoms with Crippen LogP contribution in [-0.2, 0) is 10.0 Å². The Balaban J connectivity index is 3.31. The number of nitro groups is 1. The Morgan fingerprint density at radius 3 is 2.65 bits per heavy atom. The first-order valence-electron chi connectivity index (χ1n) is 5.75. The summed E-state index contributed by atoms with van der Waals surface area (Å²) in [7, 11) is -3.92. The lowest BCUT2D eigenvalue weighted by atomic mass is 10.3. The second kappa shape index (κ2) is 6.36. The fraction of sp³-hybridized carbons (Fsp3) is 0.333. The minimum Gasteiger partial charge on any atom is -0.502 e. The van der Waals surface area contributed by atoms with E-state index < -0.39 is 26.4 Å². The summed E-state index contributed by atoms with van der Waals surface area (Å²) in [5, 5.41) is 20.1. The molecule has 1 N–H and O–H groups in total. The first kappa shape index (κ1) is 15.9. The molecule has 0 aliphatic heterocycles. The lowest BCUT2D eigenvalue weighted by Crippen LogP contribution is -2.32. The highest BCUT2D eigenvalue weighted by Crippen LogP contribution is 2.29. The number of rotatable bonds is 6. The van der Waals surface area contributed by atoms with Crippen molar-refractivity contribution in [3.05, 3.63) is 28.3 Å². The molecular weight excluding hydrogens is 284 g/mol. The maximum Gasteiger partial charge on any atom is 0.312 e. The summed E-state index contributed by atoms with van der Waals surface area (Å²) in [6.45, 7) is 1.88. The lowest BCUT2D eigenvalue weighted by Gasteiger charge is -2.19. The number of benzene rings is 1. The third kappa shape index (κ3) is 3.26. The van der Waals surface area contributed by atoms with Gasteiger partial charge in [0.05, 0.1) is 16.4 Å². The van der Waals surface area contributed by atoms with Gasteiger partial charge >= 0.3 is 5.69 Å². The smallest absolute Gasteiger partial charge is 0.312 e. The molecule has 1 aromatic rings. The third-order valence-electron chi connectivity index (χ3n) is 2.52. The van der Waals surface area contributed by atoms with Gasteiger partial charge in [-0.3, -0.25) is 10.1 Å². The maximum absolute atomic E-state index is 12.3. The molecular formula is C12H14N2O5S. The zero-order chi connectivity index (χ0) is 15.3. The summed E-state index contributed by atoms with van der Waals surface area (Å²) in [6, 6.07) is 2.91. The van der Waals surface area contributed by atoms with Crippen molar-refractivity contribution in [2.75, 3.05) is 13.1 Å². The van der Waals surface area contributed by atoms with Gasteiger partial charge < -0.3 is 5.11 Å². The molecule has 0 atom stereocenters. The van der Waals surface area contributed by atoms with Crippen LogP contribution in [0.15, 0.2) is 23.1 Å². The molecule has 0 bridgehead atoms. The Labute approximate surface area is 117 Å². The zero-order valence-corrected chi connectivity index (χ0v) is 11.6. The Morgan fingerprint density at radius 1 is 1.50 bits per heavy atom. The molecule has 8 heteroatoms. The molecule has 20 heavy (non-hydrogen) atoms. The van der Waals surface area contributed by atoms with E-state index in [0.29, 0.717) is 6.42 Å². The molecule has 0 aromatic heterocycles. The summed E-state index contributed by atoms with van der Waals surface area (Å²) >= 11 is 0. The summed E-state index contributed by atoms with van der Waals surface area (Å²) in [5.41, 5.74) is -0.664. The molecule has 108 valence electrons. The van der Waals surface area contributed by atoms with E-state index in [1.54, 1.807) is 6.92 Å². The van der Waals surface area contributed by atoms with E-state index in [4.69, 9.17) is 6.42 Å². The molecule has 0 amide bonds. The zero-order valence-electron chi connectivity index (χ0n) is 10.8. The summed E-state index contributed by atoms with van der Waals surface area (Å²) in [5.74, 6) is 1.65. The summed E-state index contributed by atoms with van der Waals surface area (Å²) in [6.07, 6.45) is 5.69. The molecule has 0 heterocycles. The minimum absolute atomic E-state index is 0.120. The van der Waals surface area contributed by atoms with Crippen molar-refractivity contribution >= 4 is 15.7 Å². The number of hydrogen-bond donors (Lipinski definition) is 1. The highest BCUT2D eigenvalue weighted by Gasteiger charge is 2.26. The van der Waals surface area contributed by atoms with Gasteiger partial charge in [-0.05, 0) is 18.6 Å². The molecule has 0 aliphatic carbocycles. The van der Waals surface area contributed by atoms with Crippen LogP contribution in [-0.4, -0.2) is 35.8 Å². The molecule has 0 aliphatic rings. The van der Waals surface area contributed by atoms with E-state index in [1.807, 2.05) is 0 Å². The van der Waals surface area contributed by atoms with Crippen molar-refractivity contribution in [1.29, 1.82) is 0 Å². The predicted molar refractivity (Wildman–Crippen MR) is 72.6 cm³/mol.